The van der Waals surface area contributed by atoms with Gasteiger partial charge in [-0.15, -0.1) is 0 Å². The van der Waals surface area contributed by atoms with Crippen molar-refractivity contribution in [3.05, 3.63) is 23.0 Å². The predicted molar refractivity (Wildman–Crippen MR) is 72.7 cm³/mol. The molecule has 0 spiro atoms. The van der Waals surface area contributed by atoms with Crippen LogP contribution >= 0.6 is 21.6 Å². The molecule has 0 radical (unpaired) electrons. The molecule has 0 saturated heterocycles. The number of rotatable bonds is 0. The maximum Gasteiger partial charge on any atom is 0.0232 e. The molecule has 0 amide bonds. The number of hydrogen-bond donors (Lipinski definition) is 0. The van der Waals surface area contributed by atoms with Gasteiger partial charge in [0, 0.05) is 11.5 Å². The molecule has 0 bridgehead atoms. The van der Waals surface area contributed by atoms with Gasteiger partial charge < -0.3 is 0 Å². The second-order valence-electron chi connectivity index (χ2n) is 1.83. The fraction of sp³-hybridized carbons (Fsp3) is 0.333. The van der Waals surface area contributed by atoms with E-state index in [0.29, 0.717) is 0 Å². The van der Waals surface area contributed by atoms with Gasteiger partial charge in [0.2, 0.25) is 0 Å². The van der Waals surface area contributed by atoms with E-state index in [1.807, 2.05) is 21.6 Å². The summed E-state index contributed by atoms with van der Waals surface area (Å²) in [6.07, 6.45) is 4.25. The topological polar surface area (TPSA) is 0 Å². The fourth-order valence-corrected chi connectivity index (χ4v) is 5.74. The van der Waals surface area contributed by atoms with Gasteiger partial charge in [-0.2, -0.15) is 0 Å². The third-order valence-corrected chi connectivity index (χ3v) is 8.20. The summed E-state index contributed by atoms with van der Waals surface area (Å²) < 4.78 is 0. The van der Waals surface area contributed by atoms with Crippen molar-refractivity contribution in [2.24, 2.45) is 0 Å². The van der Waals surface area contributed by atoms with E-state index in [9.17, 15) is 0 Å². The molecule has 0 saturated carbocycles. The first-order valence-electron chi connectivity index (χ1n) is 3.20. The van der Waals surface area contributed by atoms with Gasteiger partial charge in [0.15, 0.2) is 0 Å². The predicted octanol–water partition coefficient (Wildman–Crippen LogP) is 2.48. The first-order valence-corrected chi connectivity index (χ1v) is 10.6. The van der Waals surface area contributed by atoms with Crippen molar-refractivity contribution in [2.45, 2.75) is 0 Å². The molecule has 68 valence electrons. The Morgan fingerprint density at radius 2 is 1.33 bits per heavy atom. The monoisotopic (exact) mass is 272 g/mol. The van der Waals surface area contributed by atoms with E-state index in [0.717, 1.165) is 11.5 Å². The van der Waals surface area contributed by atoms with Gasteiger partial charge >= 0.3 is 0 Å². The summed E-state index contributed by atoms with van der Waals surface area (Å²) in [4.78, 5) is 0. The maximum absolute atomic E-state index is 4.91. The quantitative estimate of drug-likeness (QED) is 0.621. The van der Waals surface area contributed by atoms with Crippen molar-refractivity contribution >= 4 is 60.9 Å². The summed E-state index contributed by atoms with van der Waals surface area (Å²) in [5, 5.41) is 4.17. The fourth-order valence-electron chi connectivity index (χ4n) is 0.527. The van der Waals surface area contributed by atoms with Crippen molar-refractivity contribution in [2.75, 3.05) is 11.5 Å². The zero-order valence-electron chi connectivity index (χ0n) is 6.17. The van der Waals surface area contributed by atoms with Crippen LogP contribution in [0.3, 0.4) is 0 Å². The summed E-state index contributed by atoms with van der Waals surface area (Å²) in [7, 11) is 3.95. The van der Waals surface area contributed by atoms with Gasteiger partial charge in [-0.05, 0) is 50.2 Å². The van der Waals surface area contributed by atoms with Crippen molar-refractivity contribution in [1.82, 2.24) is 0 Å². The van der Waals surface area contributed by atoms with Crippen molar-refractivity contribution < 1.29 is 0 Å². The Balaban J connectivity index is 0.000000120. The lowest BCUT2D eigenvalue weighted by molar-refractivity contribution is 1.84. The minimum atomic E-state index is 0.147. The van der Waals surface area contributed by atoms with Crippen LogP contribution in [0.15, 0.2) is 23.0 Å². The second-order valence-corrected chi connectivity index (χ2v) is 11.5. The highest BCUT2D eigenvalue weighted by molar-refractivity contribution is 8.84. The van der Waals surface area contributed by atoms with Crippen LogP contribution in [-0.4, -0.2) is 11.5 Å². The average Bonchev–Trinajstić information content (AvgIpc) is 2.63. The van der Waals surface area contributed by atoms with E-state index in [2.05, 4.69) is 23.0 Å². The van der Waals surface area contributed by atoms with E-state index in [4.69, 9.17) is 22.4 Å². The third-order valence-electron chi connectivity index (χ3n) is 0.976. The Kier molecular flexibility index (Phi) is 6.39. The van der Waals surface area contributed by atoms with Crippen LogP contribution < -0.4 is 0 Å². The van der Waals surface area contributed by atoms with Crippen LogP contribution in [-0.2, 0) is 39.3 Å². The Hall–Kier alpha value is 1.32. The average molecular weight is 273 g/mol. The van der Waals surface area contributed by atoms with Gasteiger partial charge in [0.1, 0.15) is 0 Å². The lowest BCUT2D eigenvalue weighted by Gasteiger charge is -1.78. The minimum absolute atomic E-state index is 0.147. The Bertz CT molecular complexity index is 214. The second kappa shape index (κ2) is 6.73. The molecule has 2 atom stereocenters. The molecule has 6 heteroatoms. The van der Waals surface area contributed by atoms with Gasteiger partial charge in [-0.3, -0.25) is 0 Å². The van der Waals surface area contributed by atoms with Crippen LogP contribution in [0.5, 0.6) is 0 Å². The SMILES string of the molecule is S=S1C=CCS1.S=S1C=CCS1. The summed E-state index contributed by atoms with van der Waals surface area (Å²) in [5.41, 5.74) is 0. The van der Waals surface area contributed by atoms with Crippen LogP contribution in [0.2, 0.25) is 0 Å². The van der Waals surface area contributed by atoms with Crippen molar-refractivity contribution in [1.29, 1.82) is 0 Å². The Morgan fingerprint density at radius 1 is 0.917 bits per heavy atom. The maximum atomic E-state index is 4.91. The largest absolute Gasteiger partial charge is 0.0814 e. The molecule has 2 aliphatic heterocycles. The van der Waals surface area contributed by atoms with E-state index in [-0.39, 0.29) is 17.0 Å². The summed E-state index contributed by atoms with van der Waals surface area (Å²) in [6.45, 7) is 0. The lowest BCUT2D eigenvalue weighted by atomic mass is 10.8. The van der Waals surface area contributed by atoms with Gasteiger partial charge in [-0.25, -0.2) is 0 Å². The van der Waals surface area contributed by atoms with E-state index >= 15 is 0 Å². The zero-order valence-corrected chi connectivity index (χ0v) is 11.1. The summed E-state index contributed by atoms with van der Waals surface area (Å²) in [6, 6.07) is 0. The lowest BCUT2D eigenvalue weighted by Crippen LogP contribution is -1.58. The smallest absolute Gasteiger partial charge is 0.0232 e. The van der Waals surface area contributed by atoms with Crippen molar-refractivity contribution in [3.8, 4) is 0 Å². The van der Waals surface area contributed by atoms with Crippen molar-refractivity contribution in [3.63, 3.8) is 0 Å². The highest BCUT2D eigenvalue weighted by atomic mass is 33.3. The molecule has 12 heavy (non-hydrogen) atoms. The molecule has 2 heterocycles. The van der Waals surface area contributed by atoms with E-state index in [1.165, 1.54) is 0 Å². The van der Waals surface area contributed by atoms with Crippen LogP contribution in [0.4, 0.5) is 0 Å². The molecule has 2 rings (SSSR count). The van der Waals surface area contributed by atoms with Crippen LogP contribution in [0, 0.1) is 0 Å². The molecule has 0 N–H and O–H groups in total. The number of hydrogen-bond acceptors (Lipinski definition) is 4. The molecule has 0 aliphatic carbocycles. The summed E-state index contributed by atoms with van der Waals surface area (Å²) >= 11 is 9.81. The molecular formula is C6H8S6. The van der Waals surface area contributed by atoms with Gasteiger partial charge in [0.25, 0.3) is 0 Å². The molecule has 0 nitrogen and oxygen atoms in total. The normalized spacial score (nSPS) is 31.7. The standard InChI is InChI=1S/2C3H4S3/c2*4-6-3-1-2-5-6/h2*1,3H,2H2. The Morgan fingerprint density at radius 3 is 1.42 bits per heavy atom. The Labute approximate surface area is 94.6 Å². The third kappa shape index (κ3) is 5.14. The van der Waals surface area contributed by atoms with E-state index in [1.54, 1.807) is 0 Å². The van der Waals surface area contributed by atoms with Gasteiger partial charge in [0.05, 0.1) is 0 Å². The van der Waals surface area contributed by atoms with E-state index < -0.39 is 0 Å². The molecule has 0 fully saturated rings. The molecule has 0 aromatic rings. The zero-order chi connectivity index (χ0) is 8.81. The summed E-state index contributed by atoms with van der Waals surface area (Å²) in [5.74, 6) is 2.26. The first-order chi connectivity index (χ1) is 5.79. The molecule has 2 aliphatic rings. The van der Waals surface area contributed by atoms with Crippen LogP contribution in [0.1, 0.15) is 0 Å². The first kappa shape index (κ1) is 11.4. The molecular weight excluding hydrogens is 264 g/mol. The van der Waals surface area contributed by atoms with Gasteiger partial charge in [-0.1, -0.05) is 33.7 Å². The minimum Gasteiger partial charge on any atom is -0.0814 e. The molecule has 0 aromatic carbocycles. The van der Waals surface area contributed by atoms with Crippen LogP contribution in [0.25, 0.3) is 0 Å². The molecule has 0 aromatic heterocycles. The highest BCUT2D eigenvalue weighted by Gasteiger charge is 1.93. The molecule has 2 unspecified atom stereocenters. The highest BCUT2D eigenvalue weighted by Crippen LogP contribution is 2.16.